The van der Waals surface area contributed by atoms with E-state index in [1.165, 1.54) is 4.88 Å². The summed E-state index contributed by atoms with van der Waals surface area (Å²) in [5, 5.41) is 1.81. The van der Waals surface area contributed by atoms with Crippen molar-refractivity contribution in [2.24, 2.45) is 0 Å². The van der Waals surface area contributed by atoms with Gasteiger partial charge in [0.1, 0.15) is 0 Å². The third kappa shape index (κ3) is 2.62. The first-order valence-corrected chi connectivity index (χ1v) is 9.58. The first kappa shape index (κ1) is 14.3. The zero-order valence-electron chi connectivity index (χ0n) is 11.9. The minimum absolute atomic E-state index is 0.903. The highest BCUT2D eigenvalue weighted by Gasteiger charge is 2.30. The van der Waals surface area contributed by atoms with E-state index in [2.05, 4.69) is 13.0 Å². The third-order valence-electron chi connectivity index (χ3n) is 3.55. The second-order valence-electron chi connectivity index (χ2n) is 4.87. The van der Waals surface area contributed by atoms with Crippen LogP contribution in [-0.2, 0) is 11.0 Å². The second-order valence-corrected chi connectivity index (χ2v) is 9.08. The van der Waals surface area contributed by atoms with Crippen LogP contribution in [0.1, 0.15) is 11.8 Å². The Balaban J connectivity index is 2.23. The zero-order chi connectivity index (χ0) is 14.7. The summed E-state index contributed by atoms with van der Waals surface area (Å²) < 4.78 is 14.9. The van der Waals surface area contributed by atoms with Crippen molar-refractivity contribution < 1.29 is 4.57 Å². The van der Waals surface area contributed by atoms with Crippen molar-refractivity contribution in [3.63, 3.8) is 0 Å². The Morgan fingerprint density at radius 2 is 1.33 bits per heavy atom. The highest BCUT2D eigenvalue weighted by Crippen LogP contribution is 2.44. The average molecular weight is 312 g/mol. The maximum atomic E-state index is 14.0. The molecule has 1 heterocycles. The van der Waals surface area contributed by atoms with Crippen molar-refractivity contribution in [1.29, 1.82) is 0 Å². The van der Waals surface area contributed by atoms with Crippen molar-refractivity contribution in [3.05, 3.63) is 77.7 Å². The van der Waals surface area contributed by atoms with E-state index in [0.717, 1.165) is 21.6 Å². The maximum absolute atomic E-state index is 14.0. The summed E-state index contributed by atoms with van der Waals surface area (Å²) in [4.78, 5) is 1.28. The smallest absolute Gasteiger partial charge is 0.180 e. The summed E-state index contributed by atoms with van der Waals surface area (Å²) in [5.41, 5.74) is 0. The van der Waals surface area contributed by atoms with Crippen molar-refractivity contribution in [2.45, 2.75) is 13.3 Å². The molecule has 0 amide bonds. The minimum Gasteiger partial charge on any atom is -0.308 e. The van der Waals surface area contributed by atoms with Gasteiger partial charge in [-0.2, -0.15) is 0 Å². The third-order valence-corrected chi connectivity index (χ3v) is 8.44. The van der Waals surface area contributed by atoms with Gasteiger partial charge in [0.05, 0.1) is 4.62 Å². The summed E-state index contributed by atoms with van der Waals surface area (Å²) in [7, 11) is -2.75. The first-order chi connectivity index (χ1) is 10.2. The standard InChI is InChI=1S/C18H17OPS/c1-2-17-13-14-18(21-17)20(19,15-9-5-3-6-10-15)16-11-7-4-8-12-16/h3-14H,2H2,1H3. The molecule has 0 saturated heterocycles. The molecule has 0 aliphatic carbocycles. The molecule has 0 spiro atoms. The Kier molecular flexibility index (Phi) is 4.10. The number of benzene rings is 2. The lowest BCUT2D eigenvalue weighted by molar-refractivity contribution is 0.593. The van der Waals surface area contributed by atoms with Gasteiger partial charge in [-0.3, -0.25) is 0 Å². The number of aryl methyl sites for hydroxylation is 1. The molecular weight excluding hydrogens is 295 g/mol. The zero-order valence-corrected chi connectivity index (χ0v) is 13.6. The van der Waals surface area contributed by atoms with E-state index >= 15 is 0 Å². The number of thiophene rings is 1. The molecular formula is C18H17OPS. The van der Waals surface area contributed by atoms with Crippen molar-refractivity contribution in [3.8, 4) is 0 Å². The molecule has 1 nitrogen and oxygen atoms in total. The number of hydrogen-bond donors (Lipinski definition) is 0. The quantitative estimate of drug-likeness (QED) is 0.667. The van der Waals surface area contributed by atoms with Crippen LogP contribution in [0.15, 0.2) is 72.8 Å². The lowest BCUT2D eigenvalue weighted by Crippen LogP contribution is -2.23. The first-order valence-electron chi connectivity index (χ1n) is 7.05. The minimum atomic E-state index is -2.75. The molecule has 0 fully saturated rings. The predicted molar refractivity (Wildman–Crippen MR) is 93.1 cm³/mol. The van der Waals surface area contributed by atoms with Gasteiger partial charge in [-0.05, 0) is 18.6 Å². The van der Waals surface area contributed by atoms with Gasteiger partial charge in [-0.15, -0.1) is 11.3 Å². The fourth-order valence-corrected chi connectivity index (χ4v) is 6.86. The van der Waals surface area contributed by atoms with E-state index in [-0.39, 0.29) is 0 Å². The normalized spacial score (nSPS) is 11.5. The molecule has 3 rings (SSSR count). The summed E-state index contributed by atoms with van der Waals surface area (Å²) in [5.74, 6) is 0. The van der Waals surface area contributed by atoms with Gasteiger partial charge in [0.15, 0.2) is 7.14 Å². The molecule has 0 N–H and O–H groups in total. The van der Waals surface area contributed by atoms with Crippen LogP contribution in [0, 0.1) is 0 Å². The molecule has 0 saturated carbocycles. The monoisotopic (exact) mass is 312 g/mol. The Morgan fingerprint density at radius 1 is 0.810 bits per heavy atom. The molecule has 0 aliphatic rings. The molecule has 3 heteroatoms. The average Bonchev–Trinajstić information content (AvgIpc) is 3.05. The van der Waals surface area contributed by atoms with E-state index < -0.39 is 7.14 Å². The largest absolute Gasteiger partial charge is 0.308 e. The molecule has 3 aromatic rings. The van der Waals surface area contributed by atoms with Gasteiger partial charge < -0.3 is 4.57 Å². The van der Waals surface area contributed by atoms with Crippen LogP contribution in [0.3, 0.4) is 0 Å². The van der Waals surface area contributed by atoms with E-state index in [0.29, 0.717) is 0 Å². The number of hydrogen-bond acceptors (Lipinski definition) is 2. The topological polar surface area (TPSA) is 17.1 Å². The Labute approximate surface area is 129 Å². The van der Waals surface area contributed by atoms with Crippen LogP contribution in [0.4, 0.5) is 0 Å². The van der Waals surface area contributed by atoms with Gasteiger partial charge in [0.2, 0.25) is 0 Å². The lowest BCUT2D eigenvalue weighted by atomic mass is 10.4. The maximum Gasteiger partial charge on any atom is 0.180 e. The molecule has 0 radical (unpaired) electrons. The van der Waals surface area contributed by atoms with Gasteiger partial charge in [0, 0.05) is 15.5 Å². The molecule has 21 heavy (non-hydrogen) atoms. The summed E-state index contributed by atoms with van der Waals surface area (Å²) >= 11 is 1.67. The molecule has 106 valence electrons. The Morgan fingerprint density at radius 3 is 1.76 bits per heavy atom. The summed E-state index contributed by atoms with van der Waals surface area (Å²) in [6.07, 6.45) is 0.980. The fourth-order valence-electron chi connectivity index (χ4n) is 2.41. The molecule has 0 bridgehead atoms. The molecule has 0 aliphatic heterocycles. The predicted octanol–water partition coefficient (Wildman–Crippen LogP) is 3.95. The second kappa shape index (κ2) is 6.01. The van der Waals surface area contributed by atoms with Gasteiger partial charge >= 0.3 is 0 Å². The molecule has 2 aromatic carbocycles. The molecule has 1 aromatic heterocycles. The Bertz CT molecular complexity index is 719. The van der Waals surface area contributed by atoms with Crippen molar-refractivity contribution >= 4 is 33.7 Å². The number of rotatable bonds is 4. The van der Waals surface area contributed by atoms with Crippen LogP contribution >= 0.6 is 18.5 Å². The van der Waals surface area contributed by atoms with Crippen LogP contribution in [0.5, 0.6) is 0 Å². The van der Waals surface area contributed by atoms with Gasteiger partial charge in [-0.25, -0.2) is 0 Å². The van der Waals surface area contributed by atoms with Crippen molar-refractivity contribution in [1.82, 2.24) is 0 Å². The van der Waals surface area contributed by atoms with E-state index in [1.807, 2.05) is 66.7 Å². The van der Waals surface area contributed by atoms with Gasteiger partial charge in [0.25, 0.3) is 0 Å². The summed E-state index contributed by atoms with van der Waals surface area (Å²) in [6, 6.07) is 23.8. The SMILES string of the molecule is CCc1ccc(P(=O)(c2ccccc2)c2ccccc2)s1. The fraction of sp³-hybridized carbons (Fsp3) is 0.111. The lowest BCUT2D eigenvalue weighted by Gasteiger charge is -2.17. The van der Waals surface area contributed by atoms with Crippen LogP contribution in [0.2, 0.25) is 0 Å². The van der Waals surface area contributed by atoms with Crippen LogP contribution in [-0.4, -0.2) is 0 Å². The van der Waals surface area contributed by atoms with E-state index in [9.17, 15) is 4.57 Å². The summed E-state index contributed by atoms with van der Waals surface area (Å²) in [6.45, 7) is 2.13. The van der Waals surface area contributed by atoms with Crippen molar-refractivity contribution in [2.75, 3.05) is 0 Å². The van der Waals surface area contributed by atoms with E-state index in [1.54, 1.807) is 11.3 Å². The molecule has 0 unspecified atom stereocenters. The highest BCUT2D eigenvalue weighted by molar-refractivity contribution is 7.89. The van der Waals surface area contributed by atoms with E-state index in [4.69, 9.17) is 0 Å². The van der Waals surface area contributed by atoms with Crippen LogP contribution < -0.4 is 15.2 Å². The van der Waals surface area contributed by atoms with Crippen LogP contribution in [0.25, 0.3) is 0 Å². The Hall–Kier alpha value is -1.63. The highest BCUT2D eigenvalue weighted by atomic mass is 32.1. The van der Waals surface area contributed by atoms with Gasteiger partial charge in [-0.1, -0.05) is 67.6 Å². The molecule has 0 atom stereocenters.